The van der Waals surface area contributed by atoms with Gasteiger partial charge in [-0.25, -0.2) is 0 Å². The van der Waals surface area contributed by atoms with Gasteiger partial charge in [-0.05, 0) is 7.05 Å². The number of hydrogen-bond acceptors (Lipinski definition) is 9. The minimum atomic E-state index is -0.936. The van der Waals surface area contributed by atoms with Crippen molar-refractivity contribution < 1.29 is 38.1 Å². The summed E-state index contributed by atoms with van der Waals surface area (Å²) in [6.45, 7) is 4.42. The summed E-state index contributed by atoms with van der Waals surface area (Å²) in [5.74, 6) is -1.63. The van der Waals surface area contributed by atoms with Crippen LogP contribution >= 0.6 is 0 Å². The molecule has 0 radical (unpaired) electrons. The van der Waals surface area contributed by atoms with E-state index < -0.39 is 42.5 Å². The molecule has 1 saturated heterocycles. The molecule has 4 unspecified atom stereocenters. The lowest BCUT2D eigenvalue weighted by Gasteiger charge is -2.23. The molecule has 1 aliphatic heterocycles. The summed E-state index contributed by atoms with van der Waals surface area (Å²) in [4.78, 5) is 33.6. The molecule has 1 rings (SSSR count). The van der Waals surface area contributed by atoms with Gasteiger partial charge in [0.05, 0.1) is 6.61 Å². The fraction of sp³-hybridized carbons (Fsp3) is 0.786. The molecule has 0 amide bonds. The maximum absolute atomic E-state index is 11.3. The molecule has 0 aromatic rings. The Morgan fingerprint density at radius 2 is 1.61 bits per heavy atom. The second kappa shape index (κ2) is 9.43. The van der Waals surface area contributed by atoms with Crippen LogP contribution in [0.3, 0.4) is 0 Å². The topological polar surface area (TPSA) is 109 Å². The number of carbonyl (C=O) groups excluding carboxylic acids is 3. The molecule has 1 fully saturated rings. The minimum Gasteiger partial charge on any atom is -0.463 e. The van der Waals surface area contributed by atoms with Gasteiger partial charge in [0.25, 0.3) is 0 Å². The number of nitrogens with one attached hydrogen (secondary N) is 1. The van der Waals surface area contributed by atoms with Gasteiger partial charge in [-0.3, -0.25) is 14.4 Å². The summed E-state index contributed by atoms with van der Waals surface area (Å²) in [6.07, 6.45) is -3.56. The second-order valence-corrected chi connectivity index (χ2v) is 4.97. The van der Waals surface area contributed by atoms with Gasteiger partial charge in [0.1, 0.15) is 12.7 Å². The first-order chi connectivity index (χ1) is 10.8. The lowest BCUT2D eigenvalue weighted by atomic mass is 10.1. The number of esters is 3. The lowest BCUT2D eigenvalue weighted by Crippen LogP contribution is -2.42. The van der Waals surface area contributed by atoms with Crippen molar-refractivity contribution in [1.82, 2.24) is 5.32 Å². The Bertz CT molecular complexity index is 427. The highest BCUT2D eigenvalue weighted by Gasteiger charge is 2.50. The third-order valence-electron chi connectivity index (χ3n) is 2.96. The van der Waals surface area contributed by atoms with E-state index in [2.05, 4.69) is 5.32 Å². The standard InChI is InChI=1S/C14H23NO8/c1-8(16)20-7-11-12(21-9(2)17)13(22-10(3)18)14(23-11)19-6-5-15-4/h11-15H,5-7H2,1-4H3. The molecule has 23 heavy (non-hydrogen) atoms. The van der Waals surface area contributed by atoms with Crippen molar-refractivity contribution in [2.75, 3.05) is 26.8 Å². The Morgan fingerprint density at radius 3 is 2.13 bits per heavy atom. The first-order valence-electron chi connectivity index (χ1n) is 7.24. The summed E-state index contributed by atoms with van der Waals surface area (Å²) in [7, 11) is 1.76. The maximum Gasteiger partial charge on any atom is 0.303 e. The first kappa shape index (κ1) is 19.3. The molecule has 0 aromatic heterocycles. The van der Waals surface area contributed by atoms with Crippen LogP contribution in [0.25, 0.3) is 0 Å². The van der Waals surface area contributed by atoms with Crippen LogP contribution in [0.4, 0.5) is 0 Å². The molecular formula is C14H23NO8. The molecule has 0 spiro atoms. The Balaban J connectivity index is 2.84. The molecule has 0 aromatic carbocycles. The van der Waals surface area contributed by atoms with Crippen molar-refractivity contribution in [1.29, 1.82) is 0 Å². The summed E-state index contributed by atoms with van der Waals surface area (Å²) < 4.78 is 26.4. The van der Waals surface area contributed by atoms with Crippen molar-refractivity contribution in [3.8, 4) is 0 Å². The van der Waals surface area contributed by atoms with Gasteiger partial charge in [-0.2, -0.15) is 0 Å². The Morgan fingerprint density at radius 1 is 1.00 bits per heavy atom. The van der Waals surface area contributed by atoms with Crippen LogP contribution < -0.4 is 5.32 Å². The minimum absolute atomic E-state index is 0.142. The molecule has 1 N–H and O–H groups in total. The van der Waals surface area contributed by atoms with E-state index in [4.69, 9.17) is 23.7 Å². The van der Waals surface area contributed by atoms with E-state index in [0.717, 1.165) is 0 Å². The number of carbonyl (C=O) groups is 3. The van der Waals surface area contributed by atoms with Gasteiger partial charge in [0, 0.05) is 27.3 Å². The largest absolute Gasteiger partial charge is 0.463 e. The molecule has 4 atom stereocenters. The van der Waals surface area contributed by atoms with Crippen LogP contribution in [0, 0.1) is 0 Å². The monoisotopic (exact) mass is 333 g/mol. The Labute approximate surface area is 134 Å². The van der Waals surface area contributed by atoms with E-state index in [0.29, 0.717) is 13.2 Å². The summed E-state index contributed by atoms with van der Waals surface area (Å²) in [5.41, 5.74) is 0. The smallest absolute Gasteiger partial charge is 0.303 e. The zero-order valence-electron chi connectivity index (χ0n) is 13.7. The highest BCUT2D eigenvalue weighted by Crippen LogP contribution is 2.28. The Hall–Kier alpha value is -1.71. The van der Waals surface area contributed by atoms with Gasteiger partial charge in [-0.1, -0.05) is 0 Å². The second-order valence-electron chi connectivity index (χ2n) is 4.97. The Kier molecular flexibility index (Phi) is 7.93. The number of ether oxygens (including phenoxy) is 5. The van der Waals surface area contributed by atoms with E-state index in [1.807, 2.05) is 0 Å². The lowest BCUT2D eigenvalue weighted by molar-refractivity contribution is -0.189. The molecular weight excluding hydrogens is 310 g/mol. The summed E-state index contributed by atoms with van der Waals surface area (Å²) in [5, 5.41) is 2.90. The molecule has 1 aliphatic rings. The third-order valence-corrected chi connectivity index (χ3v) is 2.96. The molecule has 0 bridgehead atoms. The molecule has 0 saturated carbocycles. The fourth-order valence-electron chi connectivity index (χ4n) is 2.09. The van der Waals surface area contributed by atoms with Gasteiger partial charge in [0.15, 0.2) is 18.5 Å². The SMILES string of the molecule is CNCCOC1OC(COC(C)=O)C(OC(C)=O)C1OC(C)=O. The maximum atomic E-state index is 11.3. The predicted octanol–water partition coefficient (Wildman–Crippen LogP) is -0.626. The molecule has 9 nitrogen and oxygen atoms in total. The summed E-state index contributed by atoms with van der Waals surface area (Å²) >= 11 is 0. The number of hydrogen-bond donors (Lipinski definition) is 1. The van der Waals surface area contributed by atoms with Crippen molar-refractivity contribution in [2.45, 2.75) is 45.4 Å². The van der Waals surface area contributed by atoms with Crippen LogP contribution in [0.2, 0.25) is 0 Å². The van der Waals surface area contributed by atoms with E-state index in [1.165, 1.54) is 20.8 Å². The van der Waals surface area contributed by atoms with Crippen LogP contribution in [-0.4, -0.2) is 69.3 Å². The average molecular weight is 333 g/mol. The van der Waals surface area contributed by atoms with Crippen LogP contribution in [0.1, 0.15) is 20.8 Å². The van der Waals surface area contributed by atoms with Crippen molar-refractivity contribution in [2.24, 2.45) is 0 Å². The van der Waals surface area contributed by atoms with Crippen LogP contribution in [0.5, 0.6) is 0 Å². The zero-order chi connectivity index (χ0) is 17.4. The summed E-state index contributed by atoms with van der Waals surface area (Å²) in [6, 6.07) is 0. The molecule has 132 valence electrons. The van der Waals surface area contributed by atoms with Gasteiger partial charge in [0.2, 0.25) is 0 Å². The molecule has 0 aliphatic carbocycles. The average Bonchev–Trinajstić information content (AvgIpc) is 2.74. The van der Waals surface area contributed by atoms with Gasteiger partial charge >= 0.3 is 17.9 Å². The van der Waals surface area contributed by atoms with Gasteiger partial charge < -0.3 is 29.0 Å². The molecule has 9 heteroatoms. The predicted molar refractivity (Wildman–Crippen MR) is 76.3 cm³/mol. The van der Waals surface area contributed by atoms with E-state index >= 15 is 0 Å². The van der Waals surface area contributed by atoms with E-state index in [1.54, 1.807) is 7.05 Å². The van der Waals surface area contributed by atoms with Gasteiger partial charge in [-0.15, -0.1) is 0 Å². The van der Waals surface area contributed by atoms with Crippen molar-refractivity contribution in [3.63, 3.8) is 0 Å². The zero-order valence-corrected chi connectivity index (χ0v) is 13.7. The van der Waals surface area contributed by atoms with Crippen LogP contribution in [-0.2, 0) is 38.1 Å². The molecule has 1 heterocycles. The quantitative estimate of drug-likeness (QED) is 0.353. The normalized spacial score (nSPS) is 26.6. The highest BCUT2D eigenvalue weighted by atomic mass is 16.7. The van der Waals surface area contributed by atoms with E-state index in [-0.39, 0.29) is 6.61 Å². The highest BCUT2D eigenvalue weighted by molar-refractivity contribution is 5.67. The van der Waals surface area contributed by atoms with Crippen molar-refractivity contribution >= 4 is 17.9 Å². The fourth-order valence-corrected chi connectivity index (χ4v) is 2.09. The third kappa shape index (κ3) is 6.51. The number of likely N-dealkylation sites (N-methyl/N-ethyl adjacent to an activating group) is 1. The van der Waals surface area contributed by atoms with Crippen LogP contribution in [0.15, 0.2) is 0 Å². The first-order valence-corrected chi connectivity index (χ1v) is 7.24. The van der Waals surface area contributed by atoms with E-state index in [9.17, 15) is 14.4 Å². The number of rotatable bonds is 8. The van der Waals surface area contributed by atoms with Crippen molar-refractivity contribution in [3.05, 3.63) is 0 Å².